The molecule has 6 nitrogen and oxygen atoms in total. The van der Waals surface area contributed by atoms with E-state index in [1.807, 2.05) is 15.9 Å². The zero-order valence-corrected chi connectivity index (χ0v) is 21.0. The first kappa shape index (κ1) is 21.4. The van der Waals surface area contributed by atoms with Crippen molar-refractivity contribution in [3.05, 3.63) is 59.5 Å². The fourth-order valence-electron chi connectivity index (χ4n) is 5.12. The molecule has 5 heterocycles. The highest BCUT2D eigenvalue weighted by atomic mass is 32.1. The Balaban J connectivity index is 1.41. The van der Waals surface area contributed by atoms with Gasteiger partial charge in [0.1, 0.15) is 6.33 Å². The van der Waals surface area contributed by atoms with Gasteiger partial charge in [-0.3, -0.25) is 0 Å². The van der Waals surface area contributed by atoms with Crippen LogP contribution in [-0.2, 0) is 0 Å². The first-order chi connectivity index (χ1) is 16.5. The number of hydrogen-bond acceptors (Lipinski definition) is 5. The fourth-order valence-corrected chi connectivity index (χ4v) is 6.44. The zero-order valence-electron chi connectivity index (χ0n) is 20.1. The van der Waals surface area contributed by atoms with Crippen LogP contribution < -0.4 is 10.2 Å². The Morgan fingerprint density at radius 1 is 1.03 bits per heavy atom. The van der Waals surface area contributed by atoms with Gasteiger partial charge in [-0.05, 0) is 60.2 Å². The summed E-state index contributed by atoms with van der Waals surface area (Å²) in [5, 5.41) is 7.83. The molecule has 1 saturated heterocycles. The standard InChI is InChI=1S/C27H30N6S/c1-16(2)24-25(21-14-33-27(29-15-30-33)18(4)17(21)3)31-22-13-23(34-26(22)24)19-5-7-20(8-6-19)32-11-9-28-10-12-32/h5-8,13-16,28,31H,9-12H2,1-4H3. The lowest BCUT2D eigenvalue weighted by molar-refractivity contribution is 0.589. The van der Waals surface area contributed by atoms with Gasteiger partial charge in [-0.15, -0.1) is 11.3 Å². The van der Waals surface area contributed by atoms with Gasteiger partial charge in [0, 0.05) is 48.5 Å². The Hall–Kier alpha value is -3.16. The highest BCUT2D eigenvalue weighted by Crippen LogP contribution is 2.43. The van der Waals surface area contributed by atoms with E-state index in [2.05, 4.69) is 89.5 Å². The Bertz CT molecular complexity index is 1480. The van der Waals surface area contributed by atoms with Crippen molar-refractivity contribution in [3.8, 4) is 21.7 Å². The number of hydrogen-bond donors (Lipinski definition) is 2. The maximum absolute atomic E-state index is 4.42. The molecule has 0 saturated carbocycles. The van der Waals surface area contributed by atoms with Crippen molar-refractivity contribution >= 4 is 32.9 Å². The van der Waals surface area contributed by atoms with Gasteiger partial charge in [0.25, 0.3) is 0 Å². The van der Waals surface area contributed by atoms with Crippen LogP contribution in [0, 0.1) is 13.8 Å². The molecule has 2 N–H and O–H groups in total. The molecular formula is C27H30N6S. The quantitative estimate of drug-likeness (QED) is 0.351. The zero-order chi connectivity index (χ0) is 23.4. The molecule has 4 aromatic heterocycles. The fraction of sp³-hybridized carbons (Fsp3) is 0.333. The third-order valence-electron chi connectivity index (χ3n) is 7.11. The number of fused-ring (bicyclic) bond motifs is 2. The third kappa shape index (κ3) is 3.42. The lowest BCUT2D eigenvalue weighted by Crippen LogP contribution is -2.43. The van der Waals surface area contributed by atoms with Crippen molar-refractivity contribution in [1.29, 1.82) is 0 Å². The van der Waals surface area contributed by atoms with Crippen molar-refractivity contribution in [2.45, 2.75) is 33.6 Å². The normalized spacial score (nSPS) is 14.7. The van der Waals surface area contributed by atoms with Crippen LogP contribution in [0.4, 0.5) is 5.69 Å². The second-order valence-corrected chi connectivity index (χ2v) is 10.6. The molecule has 1 aliphatic heterocycles. The maximum atomic E-state index is 4.42. The number of aromatic amines is 1. The second-order valence-electron chi connectivity index (χ2n) is 9.53. The van der Waals surface area contributed by atoms with E-state index >= 15 is 0 Å². The molecule has 7 heteroatoms. The van der Waals surface area contributed by atoms with E-state index in [0.29, 0.717) is 5.92 Å². The number of aromatic nitrogens is 4. The summed E-state index contributed by atoms with van der Waals surface area (Å²) >= 11 is 1.89. The Morgan fingerprint density at radius 2 is 1.79 bits per heavy atom. The molecule has 0 amide bonds. The highest BCUT2D eigenvalue weighted by Gasteiger charge is 2.22. The van der Waals surface area contributed by atoms with Crippen LogP contribution in [0.25, 0.3) is 37.6 Å². The molecule has 0 unspecified atom stereocenters. The lowest BCUT2D eigenvalue weighted by Gasteiger charge is -2.29. The van der Waals surface area contributed by atoms with E-state index in [1.54, 1.807) is 6.33 Å². The molecule has 0 radical (unpaired) electrons. The van der Waals surface area contributed by atoms with Crippen molar-refractivity contribution in [1.82, 2.24) is 24.9 Å². The number of H-pyrrole nitrogens is 1. The Morgan fingerprint density at radius 3 is 2.53 bits per heavy atom. The minimum atomic E-state index is 0.400. The Kier molecular flexibility index (Phi) is 5.19. The van der Waals surface area contributed by atoms with E-state index < -0.39 is 0 Å². The molecule has 34 heavy (non-hydrogen) atoms. The number of rotatable bonds is 4. The van der Waals surface area contributed by atoms with Crippen molar-refractivity contribution in [3.63, 3.8) is 0 Å². The summed E-state index contributed by atoms with van der Waals surface area (Å²) in [5.74, 6) is 0.400. The monoisotopic (exact) mass is 470 g/mol. The molecule has 0 atom stereocenters. The summed E-state index contributed by atoms with van der Waals surface area (Å²) in [7, 11) is 0. The minimum absolute atomic E-state index is 0.400. The van der Waals surface area contributed by atoms with Gasteiger partial charge in [0.2, 0.25) is 0 Å². The SMILES string of the molecule is Cc1c(-c2[nH]c3cc(-c4ccc(N5CCNCC5)cc4)sc3c2C(C)C)cn2ncnc2c1C. The third-order valence-corrected chi connectivity index (χ3v) is 8.33. The van der Waals surface area contributed by atoms with Gasteiger partial charge < -0.3 is 15.2 Å². The first-order valence-electron chi connectivity index (χ1n) is 12.0. The lowest BCUT2D eigenvalue weighted by atomic mass is 9.96. The predicted octanol–water partition coefficient (Wildman–Crippen LogP) is 5.76. The number of nitrogens with one attached hydrogen (secondary N) is 2. The van der Waals surface area contributed by atoms with Crippen molar-refractivity contribution < 1.29 is 0 Å². The van der Waals surface area contributed by atoms with Crippen molar-refractivity contribution in [2.75, 3.05) is 31.1 Å². The molecule has 0 aliphatic carbocycles. The summed E-state index contributed by atoms with van der Waals surface area (Å²) in [6.45, 7) is 13.1. The van der Waals surface area contributed by atoms with Gasteiger partial charge >= 0.3 is 0 Å². The van der Waals surface area contributed by atoms with Gasteiger partial charge in [0.15, 0.2) is 5.65 Å². The van der Waals surface area contributed by atoms with Gasteiger partial charge in [-0.25, -0.2) is 9.50 Å². The van der Waals surface area contributed by atoms with Gasteiger partial charge in [0.05, 0.1) is 15.9 Å². The number of pyridine rings is 1. The summed E-state index contributed by atoms with van der Waals surface area (Å²) in [5.41, 5.74) is 10.9. The predicted molar refractivity (Wildman–Crippen MR) is 142 cm³/mol. The van der Waals surface area contributed by atoms with Gasteiger partial charge in [-0.2, -0.15) is 5.10 Å². The van der Waals surface area contributed by atoms with E-state index in [-0.39, 0.29) is 0 Å². The van der Waals surface area contributed by atoms with Crippen LogP contribution in [0.2, 0.25) is 0 Å². The Labute approximate surface area is 203 Å². The molecule has 0 spiro atoms. The van der Waals surface area contributed by atoms with Crippen LogP contribution in [0.15, 0.2) is 42.9 Å². The number of nitrogens with zero attached hydrogens (tertiary/aromatic N) is 4. The van der Waals surface area contributed by atoms with Crippen LogP contribution in [-0.4, -0.2) is 45.8 Å². The average Bonchev–Trinajstić information content (AvgIpc) is 3.56. The molecule has 5 aromatic rings. The molecule has 6 rings (SSSR count). The highest BCUT2D eigenvalue weighted by molar-refractivity contribution is 7.22. The summed E-state index contributed by atoms with van der Waals surface area (Å²) < 4.78 is 3.24. The number of thiophene rings is 1. The summed E-state index contributed by atoms with van der Waals surface area (Å²) in [4.78, 5) is 12.0. The number of aryl methyl sites for hydroxylation is 1. The molecule has 0 bridgehead atoms. The number of benzene rings is 1. The number of piperazine rings is 1. The number of anilines is 1. The minimum Gasteiger partial charge on any atom is -0.369 e. The topological polar surface area (TPSA) is 61.2 Å². The van der Waals surface area contributed by atoms with Gasteiger partial charge in [-0.1, -0.05) is 26.0 Å². The van der Waals surface area contributed by atoms with E-state index in [0.717, 1.165) is 31.8 Å². The summed E-state index contributed by atoms with van der Waals surface area (Å²) in [6.07, 6.45) is 3.74. The van der Waals surface area contributed by atoms with Crippen LogP contribution in [0.5, 0.6) is 0 Å². The average molecular weight is 471 g/mol. The van der Waals surface area contributed by atoms with E-state index in [1.165, 1.54) is 54.3 Å². The molecule has 1 aromatic carbocycles. The molecular weight excluding hydrogens is 440 g/mol. The first-order valence-corrected chi connectivity index (χ1v) is 12.8. The van der Waals surface area contributed by atoms with E-state index in [4.69, 9.17) is 0 Å². The molecule has 1 aliphatic rings. The smallest absolute Gasteiger partial charge is 0.158 e. The summed E-state index contributed by atoms with van der Waals surface area (Å²) in [6, 6.07) is 11.4. The van der Waals surface area contributed by atoms with Crippen LogP contribution in [0.1, 0.15) is 36.5 Å². The largest absolute Gasteiger partial charge is 0.369 e. The molecule has 1 fully saturated rings. The maximum Gasteiger partial charge on any atom is 0.158 e. The van der Waals surface area contributed by atoms with Crippen LogP contribution in [0.3, 0.4) is 0 Å². The molecule has 174 valence electrons. The van der Waals surface area contributed by atoms with E-state index in [9.17, 15) is 0 Å². The van der Waals surface area contributed by atoms with Crippen molar-refractivity contribution in [2.24, 2.45) is 0 Å². The van der Waals surface area contributed by atoms with Crippen LogP contribution >= 0.6 is 11.3 Å². The second kappa shape index (κ2) is 8.25.